The first kappa shape index (κ1) is 26.6. The van der Waals surface area contributed by atoms with Gasteiger partial charge in [-0.3, -0.25) is 9.59 Å². The Balaban J connectivity index is 1.33. The van der Waals surface area contributed by atoms with E-state index in [0.29, 0.717) is 56.1 Å². The number of rotatable bonds is 4. The first-order valence-corrected chi connectivity index (χ1v) is 13.5. The summed E-state index contributed by atoms with van der Waals surface area (Å²) in [6.45, 7) is 2.50. The van der Waals surface area contributed by atoms with Crippen LogP contribution in [-0.2, 0) is 11.8 Å². The molecule has 3 aliphatic rings. The van der Waals surface area contributed by atoms with Gasteiger partial charge in [-0.2, -0.15) is 5.10 Å². The van der Waals surface area contributed by atoms with Crippen LogP contribution in [0.25, 0.3) is 0 Å². The van der Waals surface area contributed by atoms with Gasteiger partial charge in [-0.05, 0) is 49.0 Å². The van der Waals surface area contributed by atoms with E-state index in [9.17, 15) is 18.4 Å². The van der Waals surface area contributed by atoms with Crippen molar-refractivity contribution in [2.75, 3.05) is 37.6 Å². The molecular weight excluding hydrogens is 512 g/mol. The number of aryl methyl sites for hydroxylation is 1. The molecule has 1 aromatic heterocycles. The van der Waals surface area contributed by atoms with Gasteiger partial charge in [-0.25, -0.2) is 13.5 Å². The zero-order valence-corrected chi connectivity index (χ0v) is 22.1. The lowest BCUT2D eigenvalue weighted by atomic mass is 9.87. The van der Waals surface area contributed by atoms with E-state index in [-0.39, 0.29) is 11.5 Å². The predicted molar refractivity (Wildman–Crippen MR) is 143 cm³/mol. The van der Waals surface area contributed by atoms with Crippen LogP contribution in [0.2, 0.25) is 0 Å². The van der Waals surface area contributed by atoms with Gasteiger partial charge in [0.1, 0.15) is 17.5 Å². The number of carbonyl (C=O) groups excluding carboxylic acids is 1. The number of amides is 1. The van der Waals surface area contributed by atoms with Crippen molar-refractivity contribution in [3.63, 3.8) is 0 Å². The van der Waals surface area contributed by atoms with Gasteiger partial charge in [0.15, 0.2) is 0 Å². The molecule has 1 unspecified atom stereocenters. The number of carbonyl (C=O) groups is 1. The second-order valence-electron chi connectivity index (χ2n) is 10.3. The van der Waals surface area contributed by atoms with Gasteiger partial charge in [0.2, 0.25) is 5.91 Å². The minimum absolute atomic E-state index is 0.0430. The number of benzene rings is 1. The maximum absolute atomic E-state index is 14.9. The first-order valence-electron chi connectivity index (χ1n) is 13.1. The van der Waals surface area contributed by atoms with Crippen molar-refractivity contribution < 1.29 is 13.6 Å². The minimum atomic E-state index is -0.657. The molecule has 1 amide bonds. The smallest absolute Gasteiger partial charge is 0.266 e. The Bertz CT molecular complexity index is 1300. The molecule has 1 N–H and O–H groups in total. The van der Waals surface area contributed by atoms with Crippen LogP contribution in [0.5, 0.6) is 0 Å². The van der Waals surface area contributed by atoms with Crippen molar-refractivity contribution in [3.05, 3.63) is 81.1 Å². The topological polar surface area (TPSA) is 70.5 Å². The highest BCUT2D eigenvalue weighted by atomic mass is 35.5. The predicted octanol–water partition coefficient (Wildman–Crippen LogP) is 3.56. The van der Waals surface area contributed by atoms with Crippen molar-refractivity contribution in [2.45, 2.75) is 31.2 Å². The highest BCUT2D eigenvalue weighted by molar-refractivity contribution is 6.31. The van der Waals surface area contributed by atoms with E-state index in [1.165, 1.54) is 22.9 Å². The summed E-state index contributed by atoms with van der Waals surface area (Å²) in [5.41, 5.74) is 0.0779. The van der Waals surface area contributed by atoms with Crippen LogP contribution in [0.15, 0.2) is 58.4 Å². The molecule has 10 heteroatoms. The third-order valence-electron chi connectivity index (χ3n) is 7.92. The highest BCUT2D eigenvalue weighted by Gasteiger charge is 2.42. The van der Waals surface area contributed by atoms with E-state index in [4.69, 9.17) is 11.6 Å². The Labute approximate surface area is 225 Å². The number of nitrogens with one attached hydrogen (secondary N) is 1. The summed E-state index contributed by atoms with van der Waals surface area (Å²) in [5, 5.41) is 8.72. The molecule has 38 heavy (non-hydrogen) atoms. The van der Waals surface area contributed by atoms with Gasteiger partial charge in [-0.15, -0.1) is 0 Å². The van der Waals surface area contributed by atoms with Gasteiger partial charge in [0.25, 0.3) is 5.56 Å². The number of halogens is 3. The quantitative estimate of drug-likeness (QED) is 0.638. The molecule has 2 aliphatic heterocycles. The Kier molecular flexibility index (Phi) is 7.95. The van der Waals surface area contributed by atoms with Gasteiger partial charge >= 0.3 is 0 Å². The van der Waals surface area contributed by atoms with Crippen molar-refractivity contribution in [1.82, 2.24) is 20.0 Å². The van der Waals surface area contributed by atoms with E-state index in [2.05, 4.69) is 16.5 Å². The number of nitrogens with zero attached hydrogens (tertiary/aromatic N) is 4. The molecule has 202 valence electrons. The summed E-state index contributed by atoms with van der Waals surface area (Å²) in [6.07, 6.45) is 8.83. The Morgan fingerprint density at radius 2 is 2.00 bits per heavy atom. The lowest BCUT2D eigenvalue weighted by Crippen LogP contribution is -2.48. The molecular formula is C28H32ClF2N5O2. The monoisotopic (exact) mass is 543 g/mol. The number of anilines is 1. The van der Waals surface area contributed by atoms with E-state index in [0.717, 1.165) is 30.4 Å². The number of aromatic nitrogens is 2. The molecule has 5 rings (SSSR count). The maximum Gasteiger partial charge on any atom is 0.266 e. The number of hydrogen-bond acceptors (Lipinski definition) is 5. The minimum Gasteiger partial charge on any atom is -0.354 e. The Morgan fingerprint density at radius 1 is 1.16 bits per heavy atom. The summed E-state index contributed by atoms with van der Waals surface area (Å²) in [4.78, 5) is 29.5. The van der Waals surface area contributed by atoms with E-state index >= 15 is 0 Å². The first-order chi connectivity index (χ1) is 18.3. The summed E-state index contributed by atoms with van der Waals surface area (Å²) in [6, 6.07) is 6.90. The Morgan fingerprint density at radius 3 is 2.74 bits per heavy atom. The average molecular weight is 544 g/mol. The van der Waals surface area contributed by atoms with Crippen LogP contribution in [0.3, 0.4) is 0 Å². The molecule has 2 fully saturated rings. The third-order valence-corrected chi connectivity index (χ3v) is 8.20. The zero-order chi connectivity index (χ0) is 26.8. The van der Waals surface area contributed by atoms with Crippen LogP contribution in [0, 0.1) is 23.5 Å². The zero-order valence-electron chi connectivity index (χ0n) is 21.3. The highest BCUT2D eigenvalue weighted by Crippen LogP contribution is 2.37. The lowest BCUT2D eigenvalue weighted by Gasteiger charge is -2.34. The Hall–Kier alpha value is -3.04. The second kappa shape index (κ2) is 11.4. The second-order valence-corrected chi connectivity index (χ2v) is 10.7. The van der Waals surface area contributed by atoms with Crippen molar-refractivity contribution in [2.24, 2.45) is 18.9 Å². The molecule has 0 saturated carbocycles. The maximum atomic E-state index is 14.9. The van der Waals surface area contributed by atoms with Gasteiger partial charge < -0.3 is 15.1 Å². The fourth-order valence-corrected chi connectivity index (χ4v) is 6.01. The van der Waals surface area contributed by atoms with Gasteiger partial charge in [-0.1, -0.05) is 29.8 Å². The van der Waals surface area contributed by atoms with E-state index in [1.54, 1.807) is 13.1 Å². The molecule has 2 saturated heterocycles. The summed E-state index contributed by atoms with van der Waals surface area (Å²) in [7, 11) is 1.57. The van der Waals surface area contributed by atoms with Gasteiger partial charge in [0.05, 0.1) is 5.92 Å². The standard InChI is InChI=1S/C28H32ClF2N5O2/c1-34-27(37)11-10-26(33-34)36-16-22(21-9-8-20(30)15-24(21)31)23(17-36)28(38)35-13-2-3-25(32-12-14-35)18-4-6-19(29)7-5-18/h4,6-11,15,18,22-23,25,32H,2-3,5,12-14,16-17H2,1H3/t18?,22-,23+,25-/m0/s1. The van der Waals surface area contributed by atoms with Crippen LogP contribution in [-0.4, -0.2) is 59.4 Å². The number of hydrogen-bond donors (Lipinski definition) is 1. The van der Waals surface area contributed by atoms with Crippen molar-refractivity contribution in [3.8, 4) is 0 Å². The normalized spacial score (nSPS) is 26.2. The summed E-state index contributed by atoms with van der Waals surface area (Å²) in [5.74, 6) is -1.44. The SMILES string of the molecule is Cn1nc(N2C[C@@H](C(=O)N3CCC[C@@H](C4C=CC(Cl)=CC4)NCC3)[C@H](c3ccc(F)cc3F)C2)ccc1=O. The van der Waals surface area contributed by atoms with Crippen LogP contribution >= 0.6 is 11.6 Å². The van der Waals surface area contributed by atoms with Crippen LogP contribution in [0.1, 0.15) is 30.7 Å². The van der Waals surface area contributed by atoms with E-state index < -0.39 is 23.5 Å². The fourth-order valence-electron chi connectivity index (χ4n) is 5.85. The third kappa shape index (κ3) is 5.68. The molecule has 3 heterocycles. The van der Waals surface area contributed by atoms with Gasteiger partial charge in [0, 0.05) is 68.9 Å². The van der Waals surface area contributed by atoms with Crippen molar-refractivity contribution in [1.29, 1.82) is 0 Å². The molecule has 1 aromatic carbocycles. The molecule has 7 nitrogen and oxygen atoms in total. The average Bonchev–Trinajstić information content (AvgIpc) is 3.31. The summed E-state index contributed by atoms with van der Waals surface area (Å²) >= 11 is 6.08. The van der Waals surface area contributed by atoms with Crippen LogP contribution in [0.4, 0.5) is 14.6 Å². The summed E-state index contributed by atoms with van der Waals surface area (Å²) < 4.78 is 29.8. The molecule has 4 atom stereocenters. The van der Waals surface area contributed by atoms with Crippen molar-refractivity contribution >= 4 is 23.3 Å². The molecule has 2 aromatic rings. The lowest BCUT2D eigenvalue weighted by molar-refractivity contribution is -0.135. The van der Waals surface area contributed by atoms with Crippen LogP contribution < -0.4 is 15.8 Å². The largest absolute Gasteiger partial charge is 0.354 e. The van der Waals surface area contributed by atoms with E-state index in [1.807, 2.05) is 22.0 Å². The molecule has 0 radical (unpaired) electrons. The fraction of sp³-hybridized carbons (Fsp3) is 0.464. The molecule has 0 spiro atoms. The number of allylic oxidation sites excluding steroid dienone is 3. The molecule has 0 bridgehead atoms. The molecule has 1 aliphatic carbocycles.